The third kappa shape index (κ3) is 9.41. The summed E-state index contributed by atoms with van der Waals surface area (Å²) in [7, 11) is 0. The molecule has 6 rings (SSSR count). The van der Waals surface area contributed by atoms with E-state index in [0.717, 1.165) is 32.3 Å². The van der Waals surface area contributed by atoms with Crippen molar-refractivity contribution in [3.63, 3.8) is 0 Å². The molecule has 218 valence electrons. The Morgan fingerprint density at radius 1 is 0.477 bits per heavy atom. The van der Waals surface area contributed by atoms with Gasteiger partial charge in [-0.05, 0) is 32.3 Å². The van der Waals surface area contributed by atoms with Crippen molar-refractivity contribution < 1.29 is 29.7 Å². The van der Waals surface area contributed by atoms with E-state index in [1.807, 2.05) is 72.8 Å². The van der Waals surface area contributed by atoms with Crippen LogP contribution in [0.1, 0.15) is 50.8 Å². The van der Waals surface area contributed by atoms with Gasteiger partial charge in [0.15, 0.2) is 0 Å². The van der Waals surface area contributed by atoms with Gasteiger partial charge in [0, 0.05) is 16.7 Å². The number of carbonyl (C=O) groups excluding carboxylic acids is 3. The van der Waals surface area contributed by atoms with Gasteiger partial charge in [-0.3, -0.25) is 0 Å². The molecule has 0 aliphatic heterocycles. The molecular weight excluding hydrogens is 659 g/mol. The number of carboxylic acid groups (broad SMARTS) is 3. The summed E-state index contributed by atoms with van der Waals surface area (Å²) < 4.78 is 1.43. The Morgan fingerprint density at radius 3 is 0.977 bits per heavy atom. The minimum absolute atomic E-state index is 0.248. The Hall–Kier alpha value is -4.69. The van der Waals surface area contributed by atoms with Gasteiger partial charge in [-0.25, -0.2) is 0 Å². The molecule has 0 radical (unpaired) electrons. The number of fused-ring (bicyclic) bond motifs is 3. The number of carbonyl (C=O) groups is 3. The van der Waals surface area contributed by atoms with E-state index in [1.165, 1.54) is 17.3 Å². The van der Waals surface area contributed by atoms with Crippen LogP contribution in [0.15, 0.2) is 127 Å². The first-order chi connectivity index (χ1) is 21.3. The van der Waals surface area contributed by atoms with Gasteiger partial charge in [-0.15, -0.1) is 0 Å². The summed E-state index contributed by atoms with van der Waals surface area (Å²) in [6, 6.07) is 37.5. The molecule has 44 heavy (non-hydrogen) atoms. The zero-order valence-corrected chi connectivity index (χ0v) is 27.0. The van der Waals surface area contributed by atoms with Gasteiger partial charge in [0.1, 0.15) is 0 Å². The molecule has 0 saturated heterocycles. The summed E-state index contributed by atoms with van der Waals surface area (Å²) in [6.07, 6.45) is 2.80. The van der Waals surface area contributed by atoms with Crippen molar-refractivity contribution in [3.05, 3.63) is 144 Å². The molecule has 0 aromatic heterocycles. The third-order valence-corrected chi connectivity index (χ3v) is 7.57. The first-order valence-corrected chi connectivity index (χ1v) is 16.0. The monoisotopic (exact) mass is 690 g/mol. The number of aromatic carboxylic acids is 3. The number of carboxylic acids is 3. The van der Waals surface area contributed by atoms with Crippen molar-refractivity contribution in [1.82, 2.24) is 0 Å². The molecule has 7 heteroatoms. The molecule has 0 unspecified atom stereocenters. The Kier molecular flexibility index (Phi) is 13.4. The van der Waals surface area contributed by atoms with E-state index < -0.39 is 17.9 Å². The van der Waals surface area contributed by atoms with Gasteiger partial charge in [0.05, 0.1) is 17.9 Å². The molecule has 0 aliphatic carbocycles. The number of rotatable bonds is 5. The summed E-state index contributed by atoms with van der Waals surface area (Å²) in [4.78, 5) is 32.1. The summed E-state index contributed by atoms with van der Waals surface area (Å²) >= 11 is 1.68. The van der Waals surface area contributed by atoms with Gasteiger partial charge in [-0.2, -0.15) is 0 Å². The van der Waals surface area contributed by atoms with Crippen molar-refractivity contribution in [2.45, 2.75) is 24.2 Å². The molecule has 6 nitrogen and oxygen atoms in total. The Balaban J connectivity index is 0.000000168. The fourth-order valence-electron chi connectivity index (χ4n) is 4.39. The van der Waals surface area contributed by atoms with Crippen LogP contribution in [0.4, 0.5) is 0 Å². The summed E-state index contributed by atoms with van der Waals surface area (Å²) in [5.74, 6) is -3.38. The number of hydrogen-bond acceptors (Lipinski definition) is 6. The second-order valence-corrected chi connectivity index (χ2v) is 11.0. The van der Waals surface area contributed by atoms with Crippen LogP contribution in [-0.4, -0.2) is 40.4 Å². The van der Waals surface area contributed by atoms with Crippen LogP contribution in [0, 0.1) is 0 Å². The van der Waals surface area contributed by atoms with Crippen LogP contribution >= 0.6 is 0 Å². The maximum absolute atomic E-state index is 10.7. The SMILES string of the molecule is CCC[CH2][Sn+3].O=C([O-])c1cccc2ccccc12.O=C([O-])c1cccc2ccccc12.O=C([O-])c1cccc2ccccc12. The first-order valence-electron chi connectivity index (χ1n) is 14.0. The van der Waals surface area contributed by atoms with Crippen LogP contribution in [0.3, 0.4) is 0 Å². The van der Waals surface area contributed by atoms with Gasteiger partial charge in [0.2, 0.25) is 0 Å². The number of benzene rings is 6. The van der Waals surface area contributed by atoms with Crippen molar-refractivity contribution in [1.29, 1.82) is 0 Å². The molecule has 0 saturated carbocycles. The van der Waals surface area contributed by atoms with E-state index in [4.69, 9.17) is 0 Å². The summed E-state index contributed by atoms with van der Waals surface area (Å²) in [5, 5.41) is 37.1. The largest absolute Gasteiger partial charge is 0.545 e. The van der Waals surface area contributed by atoms with Crippen LogP contribution < -0.4 is 15.3 Å². The van der Waals surface area contributed by atoms with Crippen molar-refractivity contribution in [2.75, 3.05) is 0 Å². The van der Waals surface area contributed by atoms with E-state index in [0.29, 0.717) is 0 Å². The topological polar surface area (TPSA) is 120 Å². The molecule has 0 fully saturated rings. The van der Waals surface area contributed by atoms with E-state index >= 15 is 0 Å². The molecule has 0 bridgehead atoms. The fourth-order valence-corrected chi connectivity index (χ4v) is 5.40. The minimum atomic E-state index is -1.13. The summed E-state index contributed by atoms with van der Waals surface area (Å²) in [5.41, 5.74) is 0.745. The third-order valence-electron chi connectivity index (χ3n) is 6.56. The van der Waals surface area contributed by atoms with Gasteiger partial charge in [0.25, 0.3) is 0 Å². The number of unbranched alkanes of at least 4 members (excludes halogenated alkanes) is 1. The van der Waals surface area contributed by atoms with E-state index in [2.05, 4.69) is 6.92 Å². The summed E-state index contributed by atoms with van der Waals surface area (Å²) in [6.45, 7) is 2.23. The molecule has 0 aliphatic rings. The second-order valence-electron chi connectivity index (χ2n) is 9.55. The molecule has 0 atom stereocenters. The maximum Gasteiger partial charge on any atom is 0.0721 e. The molecule has 6 aromatic carbocycles. The first kappa shape index (κ1) is 33.8. The zero-order valence-electron chi connectivity index (χ0n) is 24.2. The average molecular weight is 689 g/mol. The van der Waals surface area contributed by atoms with Gasteiger partial charge >= 0.3 is 46.7 Å². The van der Waals surface area contributed by atoms with Crippen molar-refractivity contribution >= 4 is 72.8 Å². The zero-order chi connectivity index (χ0) is 31.9. The van der Waals surface area contributed by atoms with Gasteiger partial charge < -0.3 is 29.7 Å². The van der Waals surface area contributed by atoms with Crippen molar-refractivity contribution in [3.8, 4) is 0 Å². The van der Waals surface area contributed by atoms with E-state index in [1.54, 1.807) is 77.1 Å². The minimum Gasteiger partial charge on any atom is -0.545 e. The maximum atomic E-state index is 10.7. The van der Waals surface area contributed by atoms with E-state index in [9.17, 15) is 29.7 Å². The quantitative estimate of drug-likeness (QED) is 0.236. The van der Waals surface area contributed by atoms with Crippen molar-refractivity contribution in [2.24, 2.45) is 0 Å². The molecular formula is C37H30O6Sn. The predicted molar refractivity (Wildman–Crippen MR) is 170 cm³/mol. The molecule has 6 aromatic rings. The smallest absolute Gasteiger partial charge is 0.0721 e. The molecule has 0 N–H and O–H groups in total. The van der Waals surface area contributed by atoms with Crippen LogP contribution in [0.2, 0.25) is 4.44 Å². The van der Waals surface area contributed by atoms with Crippen LogP contribution in [-0.2, 0) is 0 Å². The van der Waals surface area contributed by atoms with Crippen LogP contribution in [0.25, 0.3) is 32.3 Å². The Bertz CT molecular complexity index is 1630. The average Bonchev–Trinajstić information content (AvgIpc) is 3.05. The molecule has 0 heterocycles. The Labute approximate surface area is 269 Å². The second kappa shape index (κ2) is 17.4. The van der Waals surface area contributed by atoms with E-state index in [-0.39, 0.29) is 16.7 Å². The predicted octanol–water partition coefficient (Wildman–Crippen LogP) is 4.98. The van der Waals surface area contributed by atoms with Crippen LogP contribution in [0.5, 0.6) is 0 Å². The molecule has 0 spiro atoms. The van der Waals surface area contributed by atoms with Gasteiger partial charge in [-0.1, -0.05) is 127 Å². The number of hydrogen-bond donors (Lipinski definition) is 0. The fraction of sp³-hybridized carbons (Fsp3) is 0.108. The molecule has 0 amide bonds. The standard InChI is InChI=1S/3C11H8O2.C4H9.Sn/c3*12-11(13)10-7-3-5-8-4-1-2-6-9(8)10;1-3-4-2;/h3*1-7H,(H,12,13);1,3-4H2,2H3;/q;;;;+3/p-3. The Morgan fingerprint density at radius 2 is 0.750 bits per heavy atom. The normalized spacial score (nSPS) is 9.98.